The molecule has 0 aromatic heterocycles. The third-order valence-electron chi connectivity index (χ3n) is 17.5. The molecule has 1 aromatic rings. The predicted molar refractivity (Wildman–Crippen MR) is 241 cm³/mol. The van der Waals surface area contributed by atoms with Gasteiger partial charge in [0.2, 0.25) is 0 Å². The minimum Gasteiger partial charge on any atom is -0.481 e. The number of nitrogens with zero attached hydrogens (tertiary/aromatic N) is 2. The zero-order chi connectivity index (χ0) is 43.8. The molecule has 1 heterocycles. The van der Waals surface area contributed by atoms with Crippen molar-refractivity contribution >= 4 is 29.3 Å². The highest BCUT2D eigenvalue weighted by Crippen LogP contribution is 2.74. The molecule has 1 saturated heterocycles. The third kappa shape index (κ3) is 9.48. The molecule has 9 heteroatoms. The van der Waals surface area contributed by atoms with Crippen LogP contribution in [0.4, 0.5) is 0 Å². The Morgan fingerprint density at radius 3 is 2.25 bits per heavy atom. The molecule has 60 heavy (non-hydrogen) atoms. The highest BCUT2D eigenvalue weighted by molar-refractivity contribution is 6.30. The zero-order valence-corrected chi connectivity index (χ0v) is 39.5. The number of ether oxygens (including phenoxy) is 1. The Kier molecular flexibility index (Phi) is 14.5. The molecule has 8 atom stereocenters. The average Bonchev–Trinajstić information content (AvgIpc) is 3.69. The van der Waals surface area contributed by atoms with Crippen molar-refractivity contribution in [1.29, 1.82) is 0 Å². The lowest BCUT2D eigenvalue weighted by Crippen LogP contribution is -2.65. The number of aliphatic hydroxyl groups excluding tert-OH is 1. The summed E-state index contributed by atoms with van der Waals surface area (Å²) in [6.45, 7) is 25.3. The number of rotatable bonds is 16. The number of Topliss-reactive ketones (excluding diaryl/α,β-unsaturated/α-hetero) is 1. The molecule has 0 bridgehead atoms. The summed E-state index contributed by atoms with van der Waals surface area (Å²) in [7, 11) is 0. The first-order chi connectivity index (χ1) is 28.1. The molecule has 4 aliphatic carbocycles. The van der Waals surface area contributed by atoms with Crippen molar-refractivity contribution in [3.05, 3.63) is 46.0 Å². The summed E-state index contributed by atoms with van der Waals surface area (Å²) in [5, 5.41) is 21.9. The molecule has 4 saturated carbocycles. The molecule has 1 aliphatic heterocycles. The van der Waals surface area contributed by atoms with Crippen LogP contribution in [-0.2, 0) is 25.7 Å². The Balaban J connectivity index is 1.15. The molecule has 1 aromatic carbocycles. The van der Waals surface area contributed by atoms with Crippen LogP contribution < -0.4 is 0 Å². The Hall–Kier alpha value is -2.26. The number of carboxylic acid groups (broad SMARTS) is 1. The van der Waals surface area contributed by atoms with Crippen molar-refractivity contribution in [3.8, 4) is 0 Å². The largest absolute Gasteiger partial charge is 0.481 e. The van der Waals surface area contributed by atoms with E-state index in [0.29, 0.717) is 37.1 Å². The standard InChI is InChI=1S/C51H79ClN2O6/c1-34(2)45(40(56)20-18-37(55)33-54(30-29-53-27-10-11-28-53)32-35-14-16-36(52)17-15-35)38-13-12-24-50(8)39(38)19-21-42-49(7)25-23-43(60-44(57)31-47(3,4)46(58)59)48(5,6)41(49)22-26-51(42,50)9/h14-17,34,37,39,41-43,55H,10-13,18-33H2,1-9H3,(H,58,59)/b45-38+/t37-,39+,41-,42+,43-,49-,50+,51+/m0/s1. The lowest BCUT2D eigenvalue weighted by atomic mass is 9.34. The van der Waals surface area contributed by atoms with Crippen LogP contribution in [0.3, 0.4) is 0 Å². The Labute approximate surface area is 367 Å². The third-order valence-corrected chi connectivity index (χ3v) is 17.7. The minimum absolute atomic E-state index is 0.0742. The SMILES string of the molecule is CC(C)/C(C(=O)CC[C@H](O)CN(CCN1CCCC1)Cc1ccc(Cl)cc1)=C1/CCC[C@]2(C)[C@@H]1CC[C@@H]1[C@@]3(C)CC[C@H](OC(=O)CC(C)(C)C(=O)O)C(C)(C)[C@@H]3CC[C@]12C. The number of hydrogen-bond donors (Lipinski definition) is 2. The lowest BCUT2D eigenvalue weighted by Gasteiger charge is -2.71. The van der Waals surface area contributed by atoms with Gasteiger partial charge in [-0.1, -0.05) is 77.8 Å². The van der Waals surface area contributed by atoms with Gasteiger partial charge in [-0.2, -0.15) is 0 Å². The van der Waals surface area contributed by atoms with Gasteiger partial charge in [0.15, 0.2) is 5.78 Å². The number of carbonyl (C=O) groups is 3. The number of allylic oxidation sites excluding steroid dienone is 2. The first-order valence-corrected chi connectivity index (χ1v) is 24.1. The van der Waals surface area contributed by atoms with E-state index in [0.717, 1.165) is 94.7 Å². The van der Waals surface area contributed by atoms with E-state index in [9.17, 15) is 24.6 Å². The molecule has 0 unspecified atom stereocenters. The van der Waals surface area contributed by atoms with Crippen LogP contribution in [-0.4, -0.2) is 82.7 Å². The maximum Gasteiger partial charge on any atom is 0.309 e. The van der Waals surface area contributed by atoms with Gasteiger partial charge >= 0.3 is 11.9 Å². The average molecular weight is 852 g/mol. The summed E-state index contributed by atoms with van der Waals surface area (Å²) in [6, 6.07) is 8.00. The smallest absolute Gasteiger partial charge is 0.309 e. The van der Waals surface area contributed by atoms with Crippen molar-refractivity contribution in [2.24, 2.45) is 50.7 Å². The van der Waals surface area contributed by atoms with Gasteiger partial charge in [-0.15, -0.1) is 0 Å². The molecular formula is C51H79ClN2O6. The second-order valence-corrected chi connectivity index (χ2v) is 22.7. The maximum atomic E-state index is 14.5. The van der Waals surface area contributed by atoms with Gasteiger partial charge in [0, 0.05) is 43.0 Å². The van der Waals surface area contributed by atoms with Crippen molar-refractivity contribution < 1.29 is 29.3 Å². The molecule has 6 rings (SSSR count). The number of aliphatic carboxylic acids is 1. The molecule has 2 N–H and O–H groups in total. The van der Waals surface area contributed by atoms with Crippen LogP contribution in [0.5, 0.6) is 0 Å². The Morgan fingerprint density at radius 2 is 1.60 bits per heavy atom. The van der Waals surface area contributed by atoms with Crippen molar-refractivity contribution in [3.63, 3.8) is 0 Å². The molecule has 336 valence electrons. The van der Waals surface area contributed by atoms with E-state index in [2.05, 4.69) is 70.4 Å². The van der Waals surface area contributed by atoms with Crippen molar-refractivity contribution in [2.45, 2.75) is 171 Å². The van der Waals surface area contributed by atoms with E-state index < -0.39 is 23.5 Å². The van der Waals surface area contributed by atoms with Gasteiger partial charge in [0.05, 0.1) is 17.9 Å². The zero-order valence-electron chi connectivity index (χ0n) is 38.7. The topological polar surface area (TPSA) is 107 Å². The van der Waals surface area contributed by atoms with Crippen LogP contribution in [0.1, 0.15) is 158 Å². The number of fused-ring (bicyclic) bond motifs is 5. The molecule has 5 aliphatic rings. The summed E-state index contributed by atoms with van der Waals surface area (Å²) in [6.07, 6.45) is 11.9. The second kappa shape index (κ2) is 18.5. The monoisotopic (exact) mass is 851 g/mol. The van der Waals surface area contributed by atoms with Crippen LogP contribution in [0.15, 0.2) is 35.4 Å². The fourth-order valence-electron chi connectivity index (χ4n) is 14.0. The number of hydrogen-bond acceptors (Lipinski definition) is 7. The summed E-state index contributed by atoms with van der Waals surface area (Å²) in [4.78, 5) is 44.3. The maximum absolute atomic E-state index is 14.5. The van der Waals surface area contributed by atoms with E-state index in [1.54, 1.807) is 13.8 Å². The van der Waals surface area contributed by atoms with Gasteiger partial charge in [0.25, 0.3) is 0 Å². The van der Waals surface area contributed by atoms with Gasteiger partial charge < -0.3 is 19.8 Å². The van der Waals surface area contributed by atoms with Crippen LogP contribution in [0.25, 0.3) is 0 Å². The first-order valence-electron chi connectivity index (χ1n) is 23.7. The molecule has 8 nitrogen and oxygen atoms in total. The number of halogens is 1. The molecule has 5 fully saturated rings. The Morgan fingerprint density at radius 1 is 0.917 bits per heavy atom. The lowest BCUT2D eigenvalue weighted by molar-refractivity contribution is -0.230. The molecular weight excluding hydrogens is 772 g/mol. The van der Waals surface area contributed by atoms with Gasteiger partial charge in [-0.05, 0) is 167 Å². The predicted octanol–water partition coefficient (Wildman–Crippen LogP) is 10.8. The summed E-state index contributed by atoms with van der Waals surface area (Å²) in [5.74, 6) is 0.266. The van der Waals surface area contributed by atoms with Crippen LogP contribution >= 0.6 is 11.6 Å². The van der Waals surface area contributed by atoms with E-state index in [-0.39, 0.29) is 45.9 Å². The van der Waals surface area contributed by atoms with Gasteiger partial charge in [0.1, 0.15) is 6.10 Å². The highest BCUT2D eigenvalue weighted by Gasteiger charge is 2.68. The minimum atomic E-state index is -1.16. The number of benzene rings is 1. The highest BCUT2D eigenvalue weighted by atomic mass is 35.5. The van der Waals surface area contributed by atoms with Crippen molar-refractivity contribution in [2.75, 3.05) is 32.7 Å². The normalized spacial score (nSPS) is 33.1. The summed E-state index contributed by atoms with van der Waals surface area (Å²) >= 11 is 6.19. The quantitative estimate of drug-likeness (QED) is 0.125. The molecule has 0 spiro atoms. The van der Waals surface area contributed by atoms with E-state index >= 15 is 0 Å². The number of likely N-dealkylation sites (tertiary alicyclic amines) is 1. The number of ketones is 1. The fourth-order valence-corrected chi connectivity index (χ4v) is 14.1. The van der Waals surface area contributed by atoms with Crippen LogP contribution in [0, 0.1) is 50.7 Å². The molecule has 0 radical (unpaired) electrons. The summed E-state index contributed by atoms with van der Waals surface area (Å²) in [5.41, 5.74) is 2.53. The fraction of sp³-hybridized carbons (Fsp3) is 0.784. The number of carboxylic acids is 1. The van der Waals surface area contributed by atoms with Crippen molar-refractivity contribution in [1.82, 2.24) is 9.80 Å². The van der Waals surface area contributed by atoms with Crippen LogP contribution in [0.2, 0.25) is 5.02 Å². The number of esters is 1. The first kappa shape index (κ1) is 47.2. The van der Waals surface area contributed by atoms with E-state index in [1.807, 2.05) is 12.1 Å². The molecule has 0 amide bonds. The van der Waals surface area contributed by atoms with Gasteiger partial charge in [-0.25, -0.2) is 0 Å². The number of aliphatic hydroxyl groups is 1. The van der Waals surface area contributed by atoms with E-state index in [1.165, 1.54) is 30.4 Å². The second-order valence-electron chi connectivity index (χ2n) is 22.3. The van der Waals surface area contributed by atoms with E-state index in [4.69, 9.17) is 16.3 Å². The number of carbonyl (C=O) groups excluding carboxylic acids is 2. The van der Waals surface area contributed by atoms with Gasteiger partial charge in [-0.3, -0.25) is 19.3 Å². The summed E-state index contributed by atoms with van der Waals surface area (Å²) < 4.78 is 6.19. The Bertz CT molecular complexity index is 1730.